The van der Waals surface area contributed by atoms with Crippen molar-refractivity contribution in [1.29, 1.82) is 0 Å². The second-order valence-electron chi connectivity index (χ2n) is 4.91. The number of carbonyl (C=O) groups is 1. The molecule has 1 aliphatic heterocycles. The van der Waals surface area contributed by atoms with Crippen molar-refractivity contribution in [3.63, 3.8) is 0 Å². The van der Waals surface area contributed by atoms with Gasteiger partial charge in [-0.3, -0.25) is 14.6 Å². The molecule has 1 unspecified atom stereocenters. The van der Waals surface area contributed by atoms with Crippen LogP contribution in [0.25, 0.3) is 0 Å². The molecule has 0 radical (unpaired) electrons. The van der Waals surface area contributed by atoms with Crippen LogP contribution in [-0.4, -0.2) is 15.5 Å². The Labute approximate surface area is 124 Å². The monoisotopic (exact) mass is 305 g/mol. The Morgan fingerprint density at radius 3 is 2.76 bits per heavy atom. The molecule has 1 amide bonds. The van der Waals surface area contributed by atoms with Gasteiger partial charge in [0.25, 0.3) is 5.56 Å². The van der Waals surface area contributed by atoms with E-state index >= 15 is 0 Å². The maximum atomic E-state index is 14.0. The number of benzene rings is 1. The zero-order valence-electron chi connectivity index (χ0n) is 11.1. The van der Waals surface area contributed by atoms with E-state index in [0.29, 0.717) is 16.9 Å². The normalized spacial score (nSPS) is 17.2. The maximum absolute atomic E-state index is 14.0. The van der Waals surface area contributed by atoms with Gasteiger partial charge in [-0.2, -0.15) is 0 Å². The van der Waals surface area contributed by atoms with Crippen molar-refractivity contribution in [2.24, 2.45) is 7.05 Å². The molecule has 1 aromatic carbocycles. The van der Waals surface area contributed by atoms with E-state index in [-0.39, 0.29) is 17.1 Å². The fraction of sp³-hybridized carbons (Fsp3) is 0.214. The third kappa shape index (κ3) is 2.19. The second-order valence-corrected chi connectivity index (χ2v) is 5.29. The fourth-order valence-electron chi connectivity index (χ4n) is 2.61. The van der Waals surface area contributed by atoms with E-state index in [4.69, 9.17) is 12.2 Å². The first-order valence-corrected chi connectivity index (χ1v) is 6.77. The molecular formula is C14H12FN3O2S. The summed E-state index contributed by atoms with van der Waals surface area (Å²) in [5.74, 6) is -1.01. The lowest BCUT2D eigenvalue weighted by Gasteiger charge is -2.26. The predicted molar refractivity (Wildman–Crippen MR) is 78.4 cm³/mol. The molecule has 0 saturated heterocycles. The summed E-state index contributed by atoms with van der Waals surface area (Å²) in [6.07, 6.45) is 0.0216. The van der Waals surface area contributed by atoms with E-state index in [1.54, 1.807) is 25.2 Å². The van der Waals surface area contributed by atoms with Crippen molar-refractivity contribution in [1.82, 2.24) is 9.55 Å². The Bertz CT molecular complexity index is 856. The summed E-state index contributed by atoms with van der Waals surface area (Å²) in [6, 6.07) is 6.15. The second kappa shape index (κ2) is 4.92. The molecule has 7 heteroatoms. The molecule has 2 heterocycles. The first-order valence-electron chi connectivity index (χ1n) is 6.36. The van der Waals surface area contributed by atoms with Gasteiger partial charge in [-0.05, 0) is 23.8 Å². The number of hydrogen-bond acceptors (Lipinski definition) is 3. The molecule has 1 atom stereocenters. The lowest BCUT2D eigenvalue weighted by Crippen LogP contribution is -2.33. The van der Waals surface area contributed by atoms with E-state index < -0.39 is 17.3 Å². The third-order valence-electron chi connectivity index (χ3n) is 3.64. The van der Waals surface area contributed by atoms with Crippen LogP contribution in [0.5, 0.6) is 0 Å². The number of aromatic amines is 1. The van der Waals surface area contributed by atoms with Crippen LogP contribution < -0.4 is 10.9 Å². The van der Waals surface area contributed by atoms with E-state index in [2.05, 4.69) is 10.3 Å². The molecule has 0 spiro atoms. The first kappa shape index (κ1) is 13.7. The van der Waals surface area contributed by atoms with Crippen molar-refractivity contribution >= 4 is 23.9 Å². The zero-order valence-corrected chi connectivity index (χ0v) is 12.0. The van der Waals surface area contributed by atoms with Gasteiger partial charge < -0.3 is 9.88 Å². The van der Waals surface area contributed by atoms with Crippen LogP contribution in [0.3, 0.4) is 0 Å². The van der Waals surface area contributed by atoms with Gasteiger partial charge in [0.05, 0.1) is 5.56 Å². The minimum absolute atomic E-state index is 0.0216. The number of nitrogens with zero attached hydrogens (tertiary/aromatic N) is 1. The smallest absolute Gasteiger partial charge is 0.257 e. The summed E-state index contributed by atoms with van der Waals surface area (Å²) >= 11 is 5.03. The summed E-state index contributed by atoms with van der Waals surface area (Å²) < 4.78 is 15.7. The summed E-state index contributed by atoms with van der Waals surface area (Å²) in [6.45, 7) is 0. The van der Waals surface area contributed by atoms with Crippen LogP contribution in [0.2, 0.25) is 0 Å². The number of aromatic nitrogens is 2. The molecule has 1 aromatic heterocycles. The minimum Gasteiger partial charge on any atom is -0.312 e. The summed E-state index contributed by atoms with van der Waals surface area (Å²) in [5.41, 5.74) is 0.258. The number of hydrogen-bond donors (Lipinski definition) is 2. The van der Waals surface area contributed by atoms with Gasteiger partial charge in [0, 0.05) is 19.4 Å². The zero-order chi connectivity index (χ0) is 15.1. The van der Waals surface area contributed by atoms with E-state index in [1.807, 2.05) is 0 Å². The highest BCUT2D eigenvalue weighted by Crippen LogP contribution is 2.35. The number of nitrogens with one attached hydrogen (secondary N) is 2. The lowest BCUT2D eigenvalue weighted by molar-refractivity contribution is -0.116. The van der Waals surface area contributed by atoms with Crippen molar-refractivity contribution in [2.45, 2.75) is 12.3 Å². The number of halogens is 1. The van der Waals surface area contributed by atoms with E-state index in [9.17, 15) is 14.0 Å². The standard InChI is InChI=1S/C14H12FN3O2S/c1-18-12-11(13(20)17-14(18)21)8(6-10(19)16-12)7-4-2-3-5-9(7)15/h2-5,8H,6H2,1H3,(H,16,19)(H,17,20,21). The molecule has 3 rings (SSSR count). The quantitative estimate of drug-likeness (QED) is 0.793. The molecule has 21 heavy (non-hydrogen) atoms. The van der Waals surface area contributed by atoms with E-state index in [0.717, 1.165) is 0 Å². The number of rotatable bonds is 1. The molecule has 0 saturated carbocycles. The minimum atomic E-state index is -0.625. The molecule has 0 aliphatic carbocycles. The molecule has 2 aromatic rings. The summed E-state index contributed by atoms with van der Waals surface area (Å²) in [7, 11) is 1.64. The highest BCUT2D eigenvalue weighted by Gasteiger charge is 2.32. The van der Waals surface area contributed by atoms with Gasteiger partial charge in [-0.15, -0.1) is 0 Å². The molecule has 5 nitrogen and oxygen atoms in total. The molecule has 1 aliphatic rings. The average molecular weight is 305 g/mol. The van der Waals surface area contributed by atoms with Crippen molar-refractivity contribution < 1.29 is 9.18 Å². The topological polar surface area (TPSA) is 66.9 Å². The molecule has 108 valence electrons. The van der Waals surface area contributed by atoms with Gasteiger partial charge in [0.2, 0.25) is 5.91 Å². The van der Waals surface area contributed by atoms with Gasteiger partial charge in [0.15, 0.2) is 4.77 Å². The Morgan fingerprint density at radius 1 is 1.33 bits per heavy atom. The molecular weight excluding hydrogens is 293 g/mol. The Morgan fingerprint density at radius 2 is 2.05 bits per heavy atom. The van der Waals surface area contributed by atoms with Crippen molar-refractivity contribution in [3.8, 4) is 0 Å². The number of fused-ring (bicyclic) bond motifs is 1. The maximum Gasteiger partial charge on any atom is 0.257 e. The van der Waals surface area contributed by atoms with Crippen LogP contribution in [0.15, 0.2) is 29.1 Å². The third-order valence-corrected chi connectivity index (χ3v) is 4.01. The van der Waals surface area contributed by atoms with Gasteiger partial charge in [-0.1, -0.05) is 18.2 Å². The van der Waals surface area contributed by atoms with Crippen LogP contribution in [0.1, 0.15) is 23.5 Å². The Balaban J connectivity index is 2.31. The highest BCUT2D eigenvalue weighted by molar-refractivity contribution is 7.71. The summed E-state index contributed by atoms with van der Waals surface area (Å²) in [4.78, 5) is 26.7. The molecule has 2 N–H and O–H groups in total. The number of carbonyl (C=O) groups excluding carboxylic acids is 1. The largest absolute Gasteiger partial charge is 0.312 e. The van der Waals surface area contributed by atoms with Crippen molar-refractivity contribution in [3.05, 3.63) is 56.3 Å². The van der Waals surface area contributed by atoms with Gasteiger partial charge in [-0.25, -0.2) is 4.39 Å². The lowest BCUT2D eigenvalue weighted by atomic mass is 9.86. The molecule has 0 fully saturated rings. The Kier molecular flexibility index (Phi) is 3.21. The van der Waals surface area contributed by atoms with Gasteiger partial charge >= 0.3 is 0 Å². The van der Waals surface area contributed by atoms with Crippen LogP contribution >= 0.6 is 12.2 Å². The Hall–Kier alpha value is -2.28. The summed E-state index contributed by atoms with van der Waals surface area (Å²) in [5, 5.41) is 2.64. The number of H-pyrrole nitrogens is 1. The number of amides is 1. The van der Waals surface area contributed by atoms with E-state index in [1.165, 1.54) is 10.6 Å². The van der Waals surface area contributed by atoms with Crippen molar-refractivity contribution in [2.75, 3.05) is 5.32 Å². The van der Waals surface area contributed by atoms with Crippen LogP contribution in [-0.2, 0) is 11.8 Å². The fourth-order valence-corrected chi connectivity index (χ4v) is 2.79. The SMILES string of the molecule is Cn1c2c(c(=O)[nH]c1=S)C(c1ccccc1F)CC(=O)N2. The highest BCUT2D eigenvalue weighted by atomic mass is 32.1. The van der Waals surface area contributed by atoms with Crippen LogP contribution in [0.4, 0.5) is 10.2 Å². The first-order chi connectivity index (χ1) is 9.99. The average Bonchev–Trinajstić information content (AvgIpc) is 2.44. The predicted octanol–water partition coefficient (Wildman–Crippen LogP) is 2.06. The molecule has 0 bridgehead atoms. The van der Waals surface area contributed by atoms with Gasteiger partial charge in [0.1, 0.15) is 11.6 Å². The van der Waals surface area contributed by atoms with Crippen LogP contribution in [0, 0.1) is 10.6 Å². The number of anilines is 1.